The molecule has 0 amide bonds. The third-order valence-electron chi connectivity index (χ3n) is 6.84. The molecule has 46 heavy (non-hydrogen) atoms. The molecule has 0 saturated carbocycles. The Labute approximate surface area is 331 Å². The van der Waals surface area contributed by atoms with E-state index in [4.69, 9.17) is 57.6 Å². The molecule has 2 aromatic rings. The van der Waals surface area contributed by atoms with E-state index < -0.39 is 89.0 Å². The van der Waals surface area contributed by atoms with Crippen molar-refractivity contribution in [1.82, 2.24) is 0 Å². The van der Waals surface area contributed by atoms with Crippen molar-refractivity contribution >= 4 is 99.4 Å². The van der Waals surface area contributed by atoms with Gasteiger partial charge in [0, 0.05) is 118 Å². The quantitative estimate of drug-likeness (QED) is 0.405. The summed E-state index contributed by atoms with van der Waals surface area (Å²) in [5, 5.41) is 1.63. The van der Waals surface area contributed by atoms with E-state index in [0.717, 1.165) is 10.4 Å². The summed E-state index contributed by atoms with van der Waals surface area (Å²) in [7, 11) is -35.1. The van der Waals surface area contributed by atoms with E-state index in [2.05, 4.69) is 0 Å². The van der Waals surface area contributed by atoms with Crippen molar-refractivity contribution in [2.45, 2.75) is 52.4 Å². The van der Waals surface area contributed by atoms with Gasteiger partial charge in [-0.05, 0) is 10.4 Å². The smallest absolute Gasteiger partial charge is 0.390 e. The molecular weight excluding hydrogens is 923 g/mol. The monoisotopic (exact) mass is 956 g/mol. The molecule has 0 unspecified atom stereocenters. The Hall–Kier alpha value is 2.26. The summed E-state index contributed by atoms with van der Waals surface area (Å²) >= 11 is 0. The van der Waals surface area contributed by atoms with Crippen LogP contribution in [0, 0.1) is 0 Å². The summed E-state index contributed by atoms with van der Waals surface area (Å²) in [4.78, 5) is 0. The Morgan fingerprint density at radius 3 is 0.739 bits per heavy atom. The third kappa shape index (κ3) is 8.39. The largest absolute Gasteiger partial charge is 0.475 e. The minimum absolute atomic E-state index is 0. The molecule has 0 aliphatic carbocycles. The van der Waals surface area contributed by atoms with Crippen LogP contribution in [0.3, 0.4) is 0 Å². The van der Waals surface area contributed by atoms with Crippen molar-refractivity contribution in [2.24, 2.45) is 0 Å². The first-order chi connectivity index (χ1) is 20.4. The Balaban J connectivity index is 0.00000208. The van der Waals surface area contributed by atoms with Crippen LogP contribution in [0.2, 0.25) is 52.4 Å². The molecule has 26 heteroatoms. The average Bonchev–Trinajstić information content (AvgIpc) is 2.83. The van der Waals surface area contributed by atoms with Gasteiger partial charge in [-0.25, -0.2) is 0 Å². The van der Waals surface area contributed by atoms with Crippen LogP contribution in [0.5, 0.6) is 0 Å². The predicted molar refractivity (Wildman–Crippen MR) is 172 cm³/mol. The van der Waals surface area contributed by atoms with E-state index in [1.165, 1.54) is 0 Å². The van der Waals surface area contributed by atoms with Gasteiger partial charge >= 0.3 is 89.0 Å². The first-order valence-electron chi connectivity index (χ1n) is 14.0. The van der Waals surface area contributed by atoms with Crippen LogP contribution < -0.4 is 10.4 Å². The molecule has 8 rings (SSSR count). The Morgan fingerprint density at radius 2 is 0.522 bits per heavy atom. The fourth-order valence-corrected chi connectivity index (χ4v) is 55.2. The zero-order valence-electron chi connectivity index (χ0n) is 26.6. The predicted octanol–water partition coefficient (Wildman–Crippen LogP) is 1.62. The molecule has 14 nitrogen and oxygen atoms in total. The number of hydrogen-bond donors (Lipinski definition) is 0. The minimum atomic E-state index is -3.84. The maximum Gasteiger partial charge on any atom is 0.475 e. The Morgan fingerprint density at radius 1 is 0.326 bits per heavy atom. The van der Waals surface area contributed by atoms with Gasteiger partial charge in [0.25, 0.3) is 0 Å². The summed E-state index contributed by atoms with van der Waals surface area (Å²) in [6.07, 6.45) is 0. The summed E-state index contributed by atoms with van der Waals surface area (Å²) in [5.74, 6) is 0. The van der Waals surface area contributed by atoms with Gasteiger partial charge in [0.15, 0.2) is 0 Å². The third-order valence-corrected chi connectivity index (χ3v) is 47.0. The number of benzene rings is 2. The van der Waals surface area contributed by atoms with E-state index in [1.807, 2.05) is 60.7 Å². The first kappa shape index (κ1) is 39.5. The molecular formula is C20H34O14Si10Y2. The van der Waals surface area contributed by atoms with Crippen LogP contribution >= 0.6 is 0 Å². The molecule has 6 heterocycles. The maximum absolute atomic E-state index is 6.88. The van der Waals surface area contributed by atoms with Crippen LogP contribution in [-0.4, -0.2) is 89.0 Å². The van der Waals surface area contributed by atoms with Gasteiger partial charge in [0.2, 0.25) is 0 Å². The SMILES string of the molecule is C[Si]12O[Si](c3ccccc3)O[Si]3(C)O[Si]4(C)O[Si]5(C)O[Si](c6ccccc6)O[Si](C)(O[Si](C)(O1)O4)O[Si](C)(O2)O[Si](C)(O3)O5.[Y].[Y]. The van der Waals surface area contributed by atoms with Crippen molar-refractivity contribution < 1.29 is 123 Å². The topological polar surface area (TPSA) is 129 Å². The molecule has 6 fully saturated rings. The zero-order chi connectivity index (χ0) is 31.3. The first-order valence-corrected chi connectivity index (χ1v) is 34.5. The Bertz CT molecular complexity index is 1230. The summed E-state index contributed by atoms with van der Waals surface area (Å²) in [6.45, 7) is 14.2. The number of hydrogen-bond acceptors (Lipinski definition) is 14. The molecule has 0 N–H and O–H groups in total. The molecule has 6 aliphatic heterocycles. The molecule has 244 valence electrons. The second-order valence-corrected chi connectivity index (χ2v) is 39.2. The van der Waals surface area contributed by atoms with Crippen LogP contribution in [0.1, 0.15) is 0 Å². The molecule has 8 bridgehead atoms. The standard InChI is InChI=1S/C20H34O14Si10.2Y/c1-37-21-35(19-15-11-9-12-16-19)22-38(2)29-43(7)31-40(4)24-36(20-17-13-10-14-18-20)23-39(3,27-41(5,25-37)33-43)28-42(6,26-37)34-44(8,30-38)32-40;;/h9-18H,1-8H3;;. The summed E-state index contributed by atoms with van der Waals surface area (Å²) in [6, 6.07) is 19.2. The summed E-state index contributed by atoms with van der Waals surface area (Å²) in [5.41, 5.74) is 0. The molecule has 0 spiro atoms. The van der Waals surface area contributed by atoms with E-state index in [-0.39, 0.29) is 65.4 Å². The molecule has 2 aromatic carbocycles. The molecule has 6 saturated heterocycles. The molecule has 0 aromatic heterocycles. The van der Waals surface area contributed by atoms with E-state index >= 15 is 0 Å². The summed E-state index contributed by atoms with van der Waals surface area (Å²) < 4.78 is 95.8. The van der Waals surface area contributed by atoms with E-state index in [1.54, 1.807) is 52.4 Å². The van der Waals surface area contributed by atoms with E-state index in [9.17, 15) is 0 Å². The Kier molecular flexibility index (Phi) is 11.7. The second-order valence-electron chi connectivity index (χ2n) is 11.6. The van der Waals surface area contributed by atoms with Gasteiger partial charge in [-0.15, -0.1) is 0 Å². The fourth-order valence-electron chi connectivity index (χ4n) is 5.97. The van der Waals surface area contributed by atoms with Crippen LogP contribution in [0.4, 0.5) is 0 Å². The van der Waals surface area contributed by atoms with Crippen molar-refractivity contribution in [3.63, 3.8) is 0 Å². The van der Waals surface area contributed by atoms with Gasteiger partial charge in [-0.1, -0.05) is 60.7 Å². The van der Waals surface area contributed by atoms with Crippen LogP contribution in [0.15, 0.2) is 60.7 Å². The van der Waals surface area contributed by atoms with Crippen molar-refractivity contribution in [3.8, 4) is 0 Å². The normalized spacial score (nSPS) is 46.1. The molecule has 6 aliphatic rings. The minimum Gasteiger partial charge on any atom is -0.390 e. The number of fused-ring (bicyclic) bond motifs is 4. The van der Waals surface area contributed by atoms with Gasteiger partial charge in [-0.3, -0.25) is 0 Å². The van der Waals surface area contributed by atoms with Crippen molar-refractivity contribution in [3.05, 3.63) is 60.7 Å². The average molecular weight is 957 g/mol. The van der Waals surface area contributed by atoms with Gasteiger partial charge in [0.05, 0.1) is 0 Å². The van der Waals surface area contributed by atoms with Crippen LogP contribution in [-0.2, 0) is 123 Å². The van der Waals surface area contributed by atoms with Gasteiger partial charge < -0.3 is 57.6 Å². The van der Waals surface area contributed by atoms with Crippen molar-refractivity contribution in [2.75, 3.05) is 0 Å². The maximum atomic E-state index is 6.88. The number of rotatable bonds is 2. The van der Waals surface area contributed by atoms with Gasteiger partial charge in [-0.2, -0.15) is 0 Å². The van der Waals surface area contributed by atoms with Crippen molar-refractivity contribution in [1.29, 1.82) is 0 Å². The second kappa shape index (κ2) is 13.6. The molecule has 4 radical (unpaired) electrons. The zero-order valence-corrected chi connectivity index (χ0v) is 42.3. The fraction of sp³-hybridized carbons (Fsp3) is 0.400. The van der Waals surface area contributed by atoms with Crippen LogP contribution in [0.25, 0.3) is 0 Å². The van der Waals surface area contributed by atoms with E-state index in [0.29, 0.717) is 0 Å². The molecule has 0 atom stereocenters. The van der Waals surface area contributed by atoms with Gasteiger partial charge in [0.1, 0.15) is 0 Å².